The number of rotatable bonds is 3. The first kappa shape index (κ1) is 14.3. The van der Waals surface area contributed by atoms with Gasteiger partial charge in [0.2, 0.25) is 12.3 Å². The van der Waals surface area contributed by atoms with Crippen LogP contribution in [0.25, 0.3) is 22.4 Å². The van der Waals surface area contributed by atoms with Crippen LogP contribution in [0.2, 0.25) is 0 Å². The monoisotopic (exact) mass is 322 g/mol. The molecule has 0 aliphatic rings. The molecule has 7 heteroatoms. The topological polar surface area (TPSA) is 73.8 Å². The Labute approximate surface area is 135 Å². The fourth-order valence-corrected chi connectivity index (χ4v) is 2.59. The highest BCUT2D eigenvalue weighted by molar-refractivity contribution is 5.82. The maximum Gasteiger partial charge on any atom is 0.250 e. The van der Waals surface area contributed by atoms with Crippen LogP contribution in [-0.4, -0.2) is 19.7 Å². The van der Waals surface area contributed by atoms with Gasteiger partial charge in [0.15, 0.2) is 0 Å². The Morgan fingerprint density at radius 3 is 2.92 bits per heavy atom. The molecule has 0 unspecified atom stereocenters. The van der Waals surface area contributed by atoms with Crippen LogP contribution >= 0.6 is 0 Å². The van der Waals surface area contributed by atoms with Crippen molar-refractivity contribution in [3.63, 3.8) is 0 Å². The highest BCUT2D eigenvalue weighted by atomic mass is 19.1. The van der Waals surface area contributed by atoms with Crippen molar-refractivity contribution in [2.45, 2.75) is 6.54 Å². The molecule has 0 amide bonds. The third-order valence-corrected chi connectivity index (χ3v) is 3.73. The molecule has 1 aromatic carbocycles. The summed E-state index contributed by atoms with van der Waals surface area (Å²) < 4.78 is 20.6. The first-order valence-corrected chi connectivity index (χ1v) is 7.21. The van der Waals surface area contributed by atoms with Gasteiger partial charge in [-0.15, -0.1) is 10.2 Å². The second-order valence-electron chi connectivity index (χ2n) is 5.23. The van der Waals surface area contributed by atoms with E-state index in [1.165, 1.54) is 23.1 Å². The number of nitrogens with zero attached hydrogens (tertiary/aromatic N) is 4. The van der Waals surface area contributed by atoms with Crippen LogP contribution in [0.4, 0.5) is 4.39 Å². The van der Waals surface area contributed by atoms with Gasteiger partial charge in [0.25, 0.3) is 5.56 Å². The number of aromatic nitrogens is 4. The van der Waals surface area contributed by atoms with Gasteiger partial charge in [-0.25, -0.2) is 4.39 Å². The maximum atomic E-state index is 13.9. The molecular weight excluding hydrogens is 311 g/mol. The summed E-state index contributed by atoms with van der Waals surface area (Å²) in [5, 5.41) is 7.89. The van der Waals surface area contributed by atoms with Gasteiger partial charge in [0.05, 0.1) is 17.6 Å². The molecule has 4 aromatic rings. The minimum atomic E-state index is -0.339. The van der Waals surface area contributed by atoms with E-state index in [4.69, 9.17) is 4.42 Å². The van der Waals surface area contributed by atoms with Crippen molar-refractivity contribution in [1.82, 2.24) is 19.7 Å². The Morgan fingerprint density at radius 1 is 1.17 bits per heavy atom. The molecule has 24 heavy (non-hydrogen) atoms. The minimum absolute atomic E-state index is 0.188. The van der Waals surface area contributed by atoms with E-state index in [1.54, 1.807) is 36.7 Å². The molecule has 0 N–H and O–H groups in total. The first-order valence-electron chi connectivity index (χ1n) is 7.21. The summed E-state index contributed by atoms with van der Waals surface area (Å²) in [5.74, 6) is -0.0142. The molecule has 0 aliphatic carbocycles. The number of pyridine rings is 2. The maximum absolute atomic E-state index is 13.9. The fraction of sp³-hybridized carbons (Fsp3) is 0.0588. The minimum Gasteiger partial charge on any atom is -0.423 e. The van der Waals surface area contributed by atoms with Crippen molar-refractivity contribution < 1.29 is 8.81 Å². The van der Waals surface area contributed by atoms with E-state index in [1.807, 2.05) is 0 Å². The Bertz CT molecular complexity index is 1070. The third kappa shape index (κ3) is 2.45. The average molecular weight is 322 g/mol. The van der Waals surface area contributed by atoms with Gasteiger partial charge in [0.1, 0.15) is 5.82 Å². The van der Waals surface area contributed by atoms with Crippen LogP contribution in [0.15, 0.2) is 64.4 Å². The quantitative estimate of drug-likeness (QED) is 0.580. The zero-order valence-electron chi connectivity index (χ0n) is 12.4. The SMILES string of the molecule is O=c1ccc(-c2nnco2)cn1Cc1ccc(F)c2cccnc12. The van der Waals surface area contributed by atoms with Crippen LogP contribution in [0.3, 0.4) is 0 Å². The highest BCUT2D eigenvalue weighted by Crippen LogP contribution is 2.21. The Balaban J connectivity index is 1.80. The Kier molecular flexibility index (Phi) is 3.38. The van der Waals surface area contributed by atoms with Gasteiger partial charge < -0.3 is 8.98 Å². The molecule has 0 bridgehead atoms. The van der Waals surface area contributed by atoms with Crippen LogP contribution in [0, 0.1) is 5.82 Å². The van der Waals surface area contributed by atoms with Gasteiger partial charge in [-0.1, -0.05) is 6.07 Å². The van der Waals surface area contributed by atoms with Crippen molar-refractivity contribution in [3.8, 4) is 11.5 Å². The molecule has 118 valence electrons. The summed E-state index contributed by atoms with van der Waals surface area (Å²) in [7, 11) is 0. The molecule has 0 atom stereocenters. The lowest BCUT2D eigenvalue weighted by Crippen LogP contribution is -2.19. The smallest absolute Gasteiger partial charge is 0.250 e. The number of halogens is 1. The van der Waals surface area contributed by atoms with Crippen LogP contribution in [-0.2, 0) is 6.54 Å². The van der Waals surface area contributed by atoms with Crippen molar-refractivity contribution in [3.05, 3.63) is 76.9 Å². The Morgan fingerprint density at radius 2 is 2.08 bits per heavy atom. The Hall–Kier alpha value is -3.35. The largest absolute Gasteiger partial charge is 0.423 e. The van der Waals surface area contributed by atoms with Crippen LogP contribution < -0.4 is 5.56 Å². The summed E-state index contributed by atoms with van der Waals surface area (Å²) >= 11 is 0. The van der Waals surface area contributed by atoms with Crippen LogP contribution in [0.1, 0.15) is 5.56 Å². The molecule has 3 heterocycles. The molecule has 3 aromatic heterocycles. The predicted octanol–water partition coefficient (Wildman–Crippen LogP) is 2.63. The highest BCUT2D eigenvalue weighted by Gasteiger charge is 2.10. The molecule has 0 aliphatic heterocycles. The molecule has 0 fully saturated rings. The second kappa shape index (κ2) is 5.69. The summed E-state index contributed by atoms with van der Waals surface area (Å²) in [4.78, 5) is 16.4. The van der Waals surface area contributed by atoms with Crippen molar-refractivity contribution in [2.24, 2.45) is 0 Å². The summed E-state index contributed by atoms with van der Waals surface area (Å²) in [5.41, 5.74) is 1.72. The molecule has 0 saturated heterocycles. The number of benzene rings is 1. The van der Waals surface area contributed by atoms with E-state index in [0.717, 1.165) is 5.56 Å². The van der Waals surface area contributed by atoms with Gasteiger partial charge in [0, 0.05) is 23.8 Å². The zero-order chi connectivity index (χ0) is 16.5. The molecule has 4 rings (SSSR count). The molecular formula is C17H11FN4O2. The van der Waals surface area contributed by atoms with Gasteiger partial charge in [-0.2, -0.15) is 0 Å². The van der Waals surface area contributed by atoms with Gasteiger partial charge >= 0.3 is 0 Å². The van der Waals surface area contributed by atoms with Gasteiger partial charge in [-0.05, 0) is 29.8 Å². The normalized spacial score (nSPS) is 11.0. The molecule has 0 spiro atoms. The second-order valence-corrected chi connectivity index (χ2v) is 5.23. The standard InChI is InChI=1S/C17H11FN4O2/c18-14-5-3-11(16-13(14)2-1-7-19-16)8-22-9-12(4-6-15(22)23)17-21-20-10-24-17/h1-7,9-10H,8H2. The van der Waals surface area contributed by atoms with E-state index in [2.05, 4.69) is 15.2 Å². The van der Waals surface area contributed by atoms with Crippen molar-refractivity contribution in [1.29, 1.82) is 0 Å². The lowest BCUT2D eigenvalue weighted by atomic mass is 10.1. The predicted molar refractivity (Wildman–Crippen MR) is 84.8 cm³/mol. The van der Waals surface area contributed by atoms with Crippen molar-refractivity contribution >= 4 is 10.9 Å². The number of hydrogen-bond donors (Lipinski definition) is 0. The summed E-state index contributed by atoms with van der Waals surface area (Å²) in [6.45, 7) is 0.259. The van der Waals surface area contributed by atoms with E-state index in [9.17, 15) is 9.18 Å². The van der Waals surface area contributed by atoms with E-state index >= 15 is 0 Å². The number of fused-ring (bicyclic) bond motifs is 1. The fourth-order valence-electron chi connectivity index (χ4n) is 2.59. The molecule has 0 saturated carbocycles. The first-order chi connectivity index (χ1) is 11.7. The summed E-state index contributed by atoms with van der Waals surface area (Å²) in [6, 6.07) is 9.41. The van der Waals surface area contributed by atoms with Crippen molar-refractivity contribution in [2.75, 3.05) is 0 Å². The van der Waals surface area contributed by atoms with Gasteiger partial charge in [-0.3, -0.25) is 9.78 Å². The van der Waals surface area contributed by atoms with Crippen LogP contribution in [0.5, 0.6) is 0 Å². The summed E-state index contributed by atoms with van der Waals surface area (Å²) in [6.07, 6.45) is 4.46. The lowest BCUT2D eigenvalue weighted by molar-refractivity contribution is 0.567. The molecule has 6 nitrogen and oxygen atoms in total. The zero-order valence-corrected chi connectivity index (χ0v) is 12.4. The van der Waals surface area contributed by atoms with E-state index in [0.29, 0.717) is 22.4 Å². The molecule has 0 radical (unpaired) electrons. The van der Waals surface area contributed by atoms with E-state index in [-0.39, 0.29) is 17.9 Å². The lowest BCUT2D eigenvalue weighted by Gasteiger charge is -2.09. The van der Waals surface area contributed by atoms with E-state index < -0.39 is 0 Å². The average Bonchev–Trinajstić information content (AvgIpc) is 3.14. The number of hydrogen-bond acceptors (Lipinski definition) is 5. The third-order valence-electron chi connectivity index (χ3n) is 3.73.